The van der Waals surface area contributed by atoms with Crippen molar-refractivity contribution in [3.63, 3.8) is 0 Å². The second-order valence-corrected chi connectivity index (χ2v) is 8.53. The summed E-state index contributed by atoms with van der Waals surface area (Å²) in [4.78, 5) is -0.374. The van der Waals surface area contributed by atoms with Crippen LogP contribution in [0.3, 0.4) is 0 Å². The van der Waals surface area contributed by atoms with Gasteiger partial charge in [0.25, 0.3) is 0 Å². The van der Waals surface area contributed by atoms with E-state index in [-0.39, 0.29) is 4.90 Å². The van der Waals surface area contributed by atoms with Gasteiger partial charge in [-0.15, -0.1) is 0 Å². The Morgan fingerprint density at radius 2 is 1.63 bits per heavy atom. The largest absolute Gasteiger partial charge is 0.490 e. The molecule has 0 radical (unpaired) electrons. The predicted octanol–water partition coefficient (Wildman–Crippen LogP) is 3.65. The van der Waals surface area contributed by atoms with Gasteiger partial charge >= 0.3 is 0 Å². The molecule has 0 N–H and O–H groups in total. The van der Waals surface area contributed by atoms with E-state index in [1.165, 1.54) is 4.31 Å². The minimum absolute atomic E-state index is 0.291. The molecule has 0 aliphatic carbocycles. The molecule has 8 heteroatoms. The molecule has 2 aromatic carbocycles. The molecule has 4 rings (SSSR count). The first-order chi connectivity index (χ1) is 12.9. The molecule has 0 spiro atoms. The van der Waals surface area contributed by atoms with E-state index < -0.39 is 27.7 Å². The second kappa shape index (κ2) is 7.09. The maximum absolute atomic E-state index is 13.5. The minimum atomic E-state index is -4.03. The summed E-state index contributed by atoms with van der Waals surface area (Å²) in [7, 11) is -4.03. The number of ether oxygens (including phenoxy) is 2. The van der Waals surface area contributed by atoms with Crippen molar-refractivity contribution in [1.29, 1.82) is 0 Å². The van der Waals surface area contributed by atoms with E-state index in [0.29, 0.717) is 50.2 Å². The van der Waals surface area contributed by atoms with Crippen LogP contribution in [0.1, 0.15) is 30.9 Å². The molecule has 0 bridgehead atoms. The Kier molecular flexibility index (Phi) is 4.77. The maximum atomic E-state index is 13.5. The first-order valence-electron chi connectivity index (χ1n) is 8.83. The smallest absolute Gasteiger partial charge is 0.243 e. The highest BCUT2D eigenvalue weighted by Gasteiger charge is 2.37. The molecular weight excluding hydrogens is 376 g/mol. The van der Waals surface area contributed by atoms with Gasteiger partial charge in [-0.3, -0.25) is 0 Å². The zero-order chi connectivity index (χ0) is 19.0. The molecule has 0 aromatic heterocycles. The van der Waals surface area contributed by atoms with Gasteiger partial charge in [0, 0.05) is 19.0 Å². The predicted molar refractivity (Wildman–Crippen MR) is 94.3 cm³/mol. The maximum Gasteiger partial charge on any atom is 0.243 e. The standard InChI is InChI=1S/C19H19F2NO4S/c20-14-10-15(21)12-16(11-14)27(23,24)22-6-1-3-17(22)13-4-5-18-19(9-13)26-8-2-7-25-18/h4-5,9-12,17H,1-3,6-8H2/t17-/m1/s1. The average molecular weight is 395 g/mol. The molecule has 144 valence electrons. The number of halogens is 2. The highest BCUT2D eigenvalue weighted by molar-refractivity contribution is 7.89. The Morgan fingerprint density at radius 3 is 2.37 bits per heavy atom. The summed E-state index contributed by atoms with van der Waals surface area (Å²) in [5, 5.41) is 0. The summed E-state index contributed by atoms with van der Waals surface area (Å²) in [5.41, 5.74) is 0.775. The third-order valence-corrected chi connectivity index (χ3v) is 6.69. The number of nitrogens with zero attached hydrogens (tertiary/aromatic N) is 1. The number of rotatable bonds is 3. The van der Waals surface area contributed by atoms with E-state index in [1.54, 1.807) is 12.1 Å². The SMILES string of the molecule is O=S(=O)(c1cc(F)cc(F)c1)N1CCC[C@@H]1c1ccc2c(c1)OCCCO2. The molecule has 2 heterocycles. The molecule has 2 aliphatic rings. The van der Waals surface area contributed by atoms with Crippen LogP contribution >= 0.6 is 0 Å². The van der Waals surface area contributed by atoms with Crippen molar-refractivity contribution in [1.82, 2.24) is 4.31 Å². The quantitative estimate of drug-likeness (QED) is 0.796. The highest BCUT2D eigenvalue weighted by Crippen LogP contribution is 2.40. The molecule has 1 fully saturated rings. The molecule has 0 unspecified atom stereocenters. The Labute approximate surface area is 156 Å². The lowest BCUT2D eigenvalue weighted by Gasteiger charge is -2.25. The van der Waals surface area contributed by atoms with Crippen molar-refractivity contribution in [2.45, 2.75) is 30.2 Å². The summed E-state index contributed by atoms with van der Waals surface area (Å²) in [6.07, 6.45) is 2.06. The first kappa shape index (κ1) is 18.2. The Bertz CT molecular complexity index is 944. The summed E-state index contributed by atoms with van der Waals surface area (Å²) in [6.45, 7) is 1.40. The Balaban J connectivity index is 1.69. The molecule has 0 amide bonds. The van der Waals surface area contributed by atoms with Gasteiger partial charge in [0.05, 0.1) is 24.2 Å². The van der Waals surface area contributed by atoms with Crippen molar-refractivity contribution in [2.75, 3.05) is 19.8 Å². The highest BCUT2D eigenvalue weighted by atomic mass is 32.2. The van der Waals surface area contributed by atoms with Crippen molar-refractivity contribution in [2.24, 2.45) is 0 Å². The minimum Gasteiger partial charge on any atom is -0.490 e. The fourth-order valence-electron chi connectivity index (χ4n) is 3.56. The Hall–Kier alpha value is -2.19. The average Bonchev–Trinajstić information content (AvgIpc) is 3.01. The van der Waals surface area contributed by atoms with Crippen LogP contribution in [0.15, 0.2) is 41.3 Å². The van der Waals surface area contributed by atoms with Crippen molar-refractivity contribution in [3.8, 4) is 11.5 Å². The molecule has 0 saturated carbocycles. The van der Waals surface area contributed by atoms with Crippen molar-refractivity contribution >= 4 is 10.0 Å². The van der Waals surface area contributed by atoms with Crippen LogP contribution in [-0.4, -0.2) is 32.5 Å². The normalized spacial score (nSPS) is 20.4. The van der Waals surface area contributed by atoms with Gasteiger partial charge in [-0.1, -0.05) is 6.07 Å². The van der Waals surface area contributed by atoms with Crippen LogP contribution < -0.4 is 9.47 Å². The van der Waals surface area contributed by atoms with Gasteiger partial charge in [-0.2, -0.15) is 4.31 Å². The summed E-state index contributed by atoms with van der Waals surface area (Å²) in [5.74, 6) is -0.610. The van der Waals surface area contributed by atoms with E-state index in [1.807, 2.05) is 6.07 Å². The first-order valence-corrected chi connectivity index (χ1v) is 10.3. The van der Waals surface area contributed by atoms with E-state index in [4.69, 9.17) is 9.47 Å². The van der Waals surface area contributed by atoms with E-state index >= 15 is 0 Å². The number of benzene rings is 2. The zero-order valence-corrected chi connectivity index (χ0v) is 15.3. The third kappa shape index (κ3) is 3.51. The lowest BCUT2D eigenvalue weighted by Crippen LogP contribution is -2.30. The molecule has 5 nitrogen and oxygen atoms in total. The van der Waals surface area contributed by atoms with Gasteiger partial charge in [-0.25, -0.2) is 17.2 Å². The summed E-state index contributed by atoms with van der Waals surface area (Å²) < 4.78 is 65.7. The van der Waals surface area contributed by atoms with E-state index in [2.05, 4.69) is 0 Å². The molecule has 27 heavy (non-hydrogen) atoms. The second-order valence-electron chi connectivity index (χ2n) is 6.64. The van der Waals surface area contributed by atoms with Gasteiger partial charge in [0.15, 0.2) is 11.5 Å². The zero-order valence-electron chi connectivity index (χ0n) is 14.5. The van der Waals surface area contributed by atoms with Crippen molar-refractivity contribution < 1.29 is 26.7 Å². The molecular formula is C19H19F2NO4S. The van der Waals surface area contributed by atoms with Crippen LogP contribution in [0.25, 0.3) is 0 Å². The van der Waals surface area contributed by atoms with Crippen LogP contribution in [0.5, 0.6) is 11.5 Å². The van der Waals surface area contributed by atoms with Gasteiger partial charge in [-0.05, 0) is 42.7 Å². The Morgan fingerprint density at radius 1 is 0.926 bits per heavy atom. The number of hydrogen-bond acceptors (Lipinski definition) is 4. The van der Waals surface area contributed by atoms with E-state index in [0.717, 1.165) is 24.1 Å². The van der Waals surface area contributed by atoms with Crippen LogP contribution in [0, 0.1) is 11.6 Å². The lowest BCUT2D eigenvalue weighted by molar-refractivity contribution is 0.296. The van der Waals surface area contributed by atoms with Crippen molar-refractivity contribution in [3.05, 3.63) is 53.6 Å². The summed E-state index contributed by atoms with van der Waals surface area (Å²) in [6, 6.07) is 7.33. The van der Waals surface area contributed by atoms with Crippen LogP contribution in [0.4, 0.5) is 8.78 Å². The molecule has 2 aliphatic heterocycles. The van der Waals surface area contributed by atoms with Crippen LogP contribution in [0.2, 0.25) is 0 Å². The third-order valence-electron chi connectivity index (χ3n) is 4.80. The lowest BCUT2D eigenvalue weighted by atomic mass is 10.0. The molecule has 2 aromatic rings. The molecule has 1 atom stereocenters. The number of sulfonamides is 1. The summed E-state index contributed by atoms with van der Waals surface area (Å²) >= 11 is 0. The topological polar surface area (TPSA) is 55.8 Å². The van der Waals surface area contributed by atoms with Crippen LogP contribution in [-0.2, 0) is 10.0 Å². The van der Waals surface area contributed by atoms with Gasteiger partial charge in [0.2, 0.25) is 10.0 Å². The van der Waals surface area contributed by atoms with Gasteiger partial charge < -0.3 is 9.47 Å². The van der Waals surface area contributed by atoms with Gasteiger partial charge in [0.1, 0.15) is 11.6 Å². The van der Waals surface area contributed by atoms with E-state index in [9.17, 15) is 17.2 Å². The fourth-order valence-corrected chi connectivity index (χ4v) is 5.29. The monoisotopic (exact) mass is 395 g/mol. The number of fused-ring (bicyclic) bond motifs is 1. The number of hydrogen-bond donors (Lipinski definition) is 0. The fraction of sp³-hybridized carbons (Fsp3) is 0.368. The molecule has 1 saturated heterocycles.